The van der Waals surface area contributed by atoms with Gasteiger partial charge in [-0.05, 0) is 74.4 Å². The molecule has 1 aromatic carbocycles. The molecule has 0 bridgehead atoms. The fraction of sp³-hybridized carbons (Fsp3) is 0.618. The van der Waals surface area contributed by atoms with Gasteiger partial charge in [-0.1, -0.05) is 39.3 Å². The van der Waals surface area contributed by atoms with E-state index in [9.17, 15) is 4.79 Å². The number of anilines is 1. The van der Waals surface area contributed by atoms with E-state index in [2.05, 4.69) is 54.2 Å². The lowest BCUT2D eigenvalue weighted by molar-refractivity contribution is -0.164. The van der Waals surface area contributed by atoms with Gasteiger partial charge in [0.1, 0.15) is 23.7 Å². The van der Waals surface area contributed by atoms with Gasteiger partial charge in [-0.3, -0.25) is 4.79 Å². The van der Waals surface area contributed by atoms with Gasteiger partial charge in [0.25, 0.3) is 5.91 Å². The summed E-state index contributed by atoms with van der Waals surface area (Å²) in [5, 5.41) is 16.3. The largest absolute Gasteiger partial charge is 0.489 e. The van der Waals surface area contributed by atoms with Gasteiger partial charge in [0, 0.05) is 61.9 Å². The molecule has 3 aliphatic heterocycles. The third-order valence-corrected chi connectivity index (χ3v) is 11.1. The number of hydrogen-bond acceptors (Lipinski definition) is 7. The summed E-state index contributed by atoms with van der Waals surface area (Å²) >= 11 is 6.23. The first kappa shape index (κ1) is 32.8. The standard InChI is InChI=1S/C34H45ClN6O2.ClH/c1-32(2)30(33(3,4)31(32)43-26-7-5-24(18-36)27(35)17-26)39-29(42)25-6-8-28(38-19-25)41-13-9-23(10-14-41)20-40-15-11-34(12-16-40)21-37-22-34;/h5-8,17,19,23,30-31,37H,9-16,20-22H2,1-4H3,(H,39,42);1H. The second-order valence-electron chi connectivity index (χ2n) is 14.5. The minimum atomic E-state index is -0.318. The molecule has 4 heterocycles. The van der Waals surface area contributed by atoms with Gasteiger partial charge in [0.15, 0.2) is 0 Å². The number of piperidine rings is 2. The van der Waals surface area contributed by atoms with E-state index in [-0.39, 0.29) is 41.3 Å². The number of carbonyl (C=O) groups excluding carboxylic acids is 1. The maximum atomic E-state index is 13.3. The molecule has 44 heavy (non-hydrogen) atoms. The summed E-state index contributed by atoms with van der Waals surface area (Å²) in [5.74, 6) is 2.21. The molecule has 10 heteroatoms. The number of aromatic nitrogens is 1. The number of pyridine rings is 1. The van der Waals surface area contributed by atoms with Crippen LogP contribution in [0.3, 0.4) is 0 Å². The van der Waals surface area contributed by atoms with Crippen LogP contribution in [0.4, 0.5) is 5.82 Å². The molecule has 1 spiro atoms. The second kappa shape index (κ2) is 12.7. The summed E-state index contributed by atoms with van der Waals surface area (Å²) in [6, 6.07) is 11.0. The summed E-state index contributed by atoms with van der Waals surface area (Å²) in [7, 11) is 0. The number of amides is 1. The summed E-state index contributed by atoms with van der Waals surface area (Å²) in [6.07, 6.45) is 6.64. The average Bonchev–Trinajstić information content (AvgIpc) is 2.98. The van der Waals surface area contributed by atoms with Gasteiger partial charge >= 0.3 is 0 Å². The van der Waals surface area contributed by atoms with Crippen molar-refractivity contribution in [2.24, 2.45) is 22.2 Å². The first-order valence-corrected chi connectivity index (χ1v) is 16.2. The van der Waals surface area contributed by atoms with Crippen molar-refractivity contribution < 1.29 is 9.53 Å². The zero-order chi connectivity index (χ0) is 30.4. The lowest BCUT2D eigenvalue weighted by Gasteiger charge is -2.63. The number of benzene rings is 1. The predicted octanol–water partition coefficient (Wildman–Crippen LogP) is 5.54. The first-order valence-electron chi connectivity index (χ1n) is 15.8. The van der Waals surface area contributed by atoms with Crippen LogP contribution in [-0.4, -0.2) is 73.8 Å². The summed E-state index contributed by atoms with van der Waals surface area (Å²) < 4.78 is 6.36. The Bertz CT molecular complexity index is 1350. The van der Waals surface area contributed by atoms with Gasteiger partial charge in [-0.15, -0.1) is 12.4 Å². The number of nitrogens with zero attached hydrogens (tertiary/aromatic N) is 4. The molecule has 238 valence electrons. The van der Waals surface area contributed by atoms with Gasteiger partial charge in [0.2, 0.25) is 0 Å². The summed E-state index contributed by atoms with van der Waals surface area (Å²) in [6.45, 7) is 16.6. The van der Waals surface area contributed by atoms with Crippen LogP contribution in [0.25, 0.3) is 0 Å². The Labute approximate surface area is 273 Å². The van der Waals surface area contributed by atoms with E-state index < -0.39 is 0 Å². The van der Waals surface area contributed by atoms with Crippen molar-refractivity contribution in [2.45, 2.75) is 65.5 Å². The zero-order valence-corrected chi connectivity index (χ0v) is 27.9. The number of likely N-dealkylation sites (tertiary alicyclic amines) is 1. The SMILES string of the molecule is CC1(C)C(NC(=O)c2ccc(N3CCC(CN4CCC5(CC4)CNC5)CC3)nc2)C(C)(C)C1Oc1ccc(C#N)c(Cl)c1.Cl. The third kappa shape index (κ3) is 6.26. The van der Waals surface area contributed by atoms with E-state index in [0.29, 0.717) is 27.3 Å². The van der Waals surface area contributed by atoms with Crippen LogP contribution < -0.4 is 20.3 Å². The normalized spacial score (nSPS) is 25.6. The van der Waals surface area contributed by atoms with E-state index >= 15 is 0 Å². The Morgan fingerprint density at radius 1 is 1.09 bits per heavy atom. The van der Waals surface area contributed by atoms with Gasteiger partial charge in [-0.2, -0.15) is 5.26 Å². The van der Waals surface area contributed by atoms with Crippen molar-refractivity contribution in [3.05, 3.63) is 52.7 Å². The zero-order valence-electron chi connectivity index (χ0n) is 26.4. The third-order valence-electron chi connectivity index (χ3n) is 10.8. The predicted molar refractivity (Wildman–Crippen MR) is 177 cm³/mol. The number of rotatable bonds is 7. The molecule has 2 N–H and O–H groups in total. The maximum absolute atomic E-state index is 13.3. The first-order chi connectivity index (χ1) is 20.5. The molecular weight excluding hydrogens is 595 g/mol. The molecule has 1 saturated carbocycles. The van der Waals surface area contributed by atoms with E-state index in [1.165, 1.54) is 58.4 Å². The number of nitriles is 1. The lowest BCUT2D eigenvalue weighted by atomic mass is 9.49. The van der Waals surface area contributed by atoms with Crippen LogP contribution in [0.1, 0.15) is 69.3 Å². The molecule has 8 nitrogen and oxygen atoms in total. The molecule has 4 fully saturated rings. The highest BCUT2D eigenvalue weighted by atomic mass is 35.5. The minimum Gasteiger partial charge on any atom is -0.489 e. The number of ether oxygens (including phenoxy) is 1. The van der Waals surface area contributed by atoms with Crippen LogP contribution in [0.2, 0.25) is 5.02 Å². The van der Waals surface area contributed by atoms with Crippen LogP contribution in [-0.2, 0) is 0 Å². The van der Waals surface area contributed by atoms with Crippen LogP contribution in [0.5, 0.6) is 5.75 Å². The highest BCUT2D eigenvalue weighted by Gasteiger charge is 2.64. The fourth-order valence-electron chi connectivity index (χ4n) is 8.27. The molecular formula is C34H46Cl2N6O2. The topological polar surface area (TPSA) is 93.5 Å². The Hall–Kier alpha value is -2.57. The smallest absolute Gasteiger partial charge is 0.253 e. The van der Waals surface area contributed by atoms with E-state index in [4.69, 9.17) is 26.6 Å². The monoisotopic (exact) mass is 640 g/mol. The second-order valence-corrected chi connectivity index (χ2v) is 14.9. The summed E-state index contributed by atoms with van der Waals surface area (Å²) in [4.78, 5) is 23.1. The minimum absolute atomic E-state index is 0. The summed E-state index contributed by atoms with van der Waals surface area (Å²) in [5.41, 5.74) is 0.960. The number of hydrogen-bond donors (Lipinski definition) is 2. The quantitative estimate of drug-likeness (QED) is 0.410. The Morgan fingerprint density at radius 2 is 1.77 bits per heavy atom. The Balaban J connectivity index is 0.00000384. The van der Waals surface area contributed by atoms with Crippen molar-refractivity contribution in [3.63, 3.8) is 0 Å². The average molecular weight is 642 g/mol. The molecule has 1 aromatic heterocycles. The van der Waals surface area contributed by atoms with Crippen molar-refractivity contribution in [3.8, 4) is 11.8 Å². The maximum Gasteiger partial charge on any atom is 0.253 e. The van der Waals surface area contributed by atoms with Crippen molar-refractivity contribution in [1.29, 1.82) is 5.26 Å². The van der Waals surface area contributed by atoms with Crippen LogP contribution in [0.15, 0.2) is 36.5 Å². The van der Waals surface area contributed by atoms with Crippen molar-refractivity contribution in [1.82, 2.24) is 20.5 Å². The Morgan fingerprint density at radius 3 is 2.32 bits per heavy atom. The van der Waals surface area contributed by atoms with Crippen molar-refractivity contribution in [2.75, 3.05) is 50.7 Å². The highest BCUT2D eigenvalue weighted by Crippen LogP contribution is 2.55. The molecule has 0 radical (unpaired) electrons. The molecule has 1 amide bonds. The number of nitrogens with one attached hydrogen (secondary N) is 2. The van der Waals surface area contributed by atoms with Gasteiger partial charge in [-0.25, -0.2) is 4.98 Å². The molecule has 0 unspecified atom stereocenters. The lowest BCUT2D eigenvalue weighted by Crippen LogP contribution is -2.74. The van der Waals surface area contributed by atoms with Crippen molar-refractivity contribution >= 4 is 35.7 Å². The van der Waals surface area contributed by atoms with Crippen LogP contribution >= 0.6 is 24.0 Å². The Kier molecular flexibility index (Phi) is 9.45. The molecule has 0 atom stereocenters. The van der Waals surface area contributed by atoms with Gasteiger partial charge < -0.3 is 25.2 Å². The number of halogens is 2. The van der Waals surface area contributed by atoms with E-state index in [1.54, 1.807) is 24.4 Å². The van der Waals surface area contributed by atoms with E-state index in [1.807, 2.05) is 12.1 Å². The molecule has 4 aliphatic rings. The molecule has 6 rings (SSSR count). The molecule has 1 aliphatic carbocycles. The highest BCUT2D eigenvalue weighted by molar-refractivity contribution is 6.31. The molecule has 3 saturated heterocycles. The molecule has 2 aromatic rings. The van der Waals surface area contributed by atoms with Gasteiger partial charge in [0.05, 0.1) is 16.1 Å². The van der Waals surface area contributed by atoms with Crippen LogP contribution in [0, 0.1) is 33.5 Å². The number of carbonyl (C=O) groups is 1. The van der Waals surface area contributed by atoms with E-state index in [0.717, 1.165) is 24.8 Å². The fourth-order valence-corrected chi connectivity index (χ4v) is 8.48.